The van der Waals surface area contributed by atoms with Crippen LogP contribution >= 0.6 is 0 Å². The Morgan fingerprint density at radius 2 is 2.30 bits per heavy atom. The SMILES string of the molecule is CCOC1CCCN(C(=O)NC(C)c2ccc(OC)c(F)c2)C1. The number of rotatable bonds is 5. The van der Waals surface area contributed by atoms with Crippen LogP contribution in [0.3, 0.4) is 0 Å². The van der Waals surface area contributed by atoms with Crippen LogP contribution < -0.4 is 10.1 Å². The van der Waals surface area contributed by atoms with Crippen molar-refractivity contribution in [3.63, 3.8) is 0 Å². The van der Waals surface area contributed by atoms with Gasteiger partial charge in [-0.3, -0.25) is 0 Å². The fraction of sp³-hybridized carbons (Fsp3) is 0.588. The lowest BCUT2D eigenvalue weighted by Crippen LogP contribution is -2.48. The minimum absolute atomic E-state index is 0.105. The molecular weight excluding hydrogens is 299 g/mol. The average molecular weight is 324 g/mol. The van der Waals surface area contributed by atoms with E-state index in [1.165, 1.54) is 13.2 Å². The fourth-order valence-electron chi connectivity index (χ4n) is 2.81. The molecule has 1 aromatic carbocycles. The van der Waals surface area contributed by atoms with Crippen molar-refractivity contribution in [2.75, 3.05) is 26.8 Å². The molecule has 1 heterocycles. The third-order valence-corrected chi connectivity index (χ3v) is 4.08. The van der Waals surface area contributed by atoms with E-state index in [0.29, 0.717) is 18.7 Å². The van der Waals surface area contributed by atoms with Gasteiger partial charge < -0.3 is 19.7 Å². The van der Waals surface area contributed by atoms with Gasteiger partial charge in [0.2, 0.25) is 0 Å². The Labute approximate surface area is 136 Å². The average Bonchev–Trinajstić information content (AvgIpc) is 2.55. The molecule has 0 aliphatic carbocycles. The molecule has 1 aromatic rings. The van der Waals surface area contributed by atoms with E-state index < -0.39 is 5.82 Å². The number of methoxy groups -OCH3 is 1. The highest BCUT2D eigenvalue weighted by Crippen LogP contribution is 2.22. The van der Waals surface area contributed by atoms with Gasteiger partial charge in [-0.1, -0.05) is 6.07 Å². The second-order valence-electron chi connectivity index (χ2n) is 5.73. The molecule has 6 heteroatoms. The van der Waals surface area contributed by atoms with E-state index >= 15 is 0 Å². The zero-order valence-electron chi connectivity index (χ0n) is 14.0. The molecule has 0 aromatic heterocycles. The van der Waals surface area contributed by atoms with Crippen molar-refractivity contribution in [1.29, 1.82) is 0 Å². The Morgan fingerprint density at radius 3 is 2.96 bits per heavy atom. The molecule has 1 saturated heterocycles. The van der Waals surface area contributed by atoms with Gasteiger partial charge in [-0.05, 0) is 44.4 Å². The van der Waals surface area contributed by atoms with E-state index in [-0.39, 0.29) is 23.9 Å². The van der Waals surface area contributed by atoms with Gasteiger partial charge >= 0.3 is 6.03 Å². The Morgan fingerprint density at radius 1 is 1.52 bits per heavy atom. The quantitative estimate of drug-likeness (QED) is 0.905. The Balaban J connectivity index is 1.95. The molecule has 1 fully saturated rings. The summed E-state index contributed by atoms with van der Waals surface area (Å²) in [7, 11) is 1.43. The van der Waals surface area contributed by atoms with Crippen molar-refractivity contribution in [3.8, 4) is 5.75 Å². The number of likely N-dealkylation sites (tertiary alicyclic amines) is 1. The zero-order chi connectivity index (χ0) is 16.8. The number of hydrogen-bond acceptors (Lipinski definition) is 3. The van der Waals surface area contributed by atoms with Gasteiger partial charge in [0.05, 0.1) is 19.3 Å². The van der Waals surface area contributed by atoms with Gasteiger partial charge in [-0.15, -0.1) is 0 Å². The van der Waals surface area contributed by atoms with Crippen LogP contribution in [-0.2, 0) is 4.74 Å². The van der Waals surface area contributed by atoms with Crippen LogP contribution in [0.25, 0.3) is 0 Å². The van der Waals surface area contributed by atoms with Crippen molar-refractivity contribution < 1.29 is 18.7 Å². The monoisotopic (exact) mass is 324 g/mol. The van der Waals surface area contributed by atoms with E-state index in [9.17, 15) is 9.18 Å². The summed E-state index contributed by atoms with van der Waals surface area (Å²) in [5.74, 6) is -0.233. The number of nitrogens with one attached hydrogen (secondary N) is 1. The molecule has 23 heavy (non-hydrogen) atoms. The standard InChI is InChI=1S/C17H25FN2O3/c1-4-23-14-6-5-9-20(11-14)17(21)19-12(2)13-7-8-16(22-3)15(18)10-13/h7-8,10,12,14H,4-6,9,11H2,1-3H3,(H,19,21). The topological polar surface area (TPSA) is 50.8 Å². The smallest absolute Gasteiger partial charge is 0.317 e. The summed E-state index contributed by atoms with van der Waals surface area (Å²) in [4.78, 5) is 14.1. The van der Waals surface area contributed by atoms with Gasteiger partial charge in [-0.2, -0.15) is 0 Å². The normalized spacial score (nSPS) is 19.3. The van der Waals surface area contributed by atoms with Gasteiger partial charge in [0, 0.05) is 19.7 Å². The Kier molecular flexibility index (Phi) is 6.21. The minimum atomic E-state index is -0.430. The van der Waals surface area contributed by atoms with Gasteiger partial charge in [0.25, 0.3) is 0 Å². The minimum Gasteiger partial charge on any atom is -0.494 e. The van der Waals surface area contributed by atoms with Crippen LogP contribution in [0.1, 0.15) is 38.3 Å². The molecule has 5 nitrogen and oxygen atoms in total. The highest BCUT2D eigenvalue weighted by Gasteiger charge is 2.25. The summed E-state index contributed by atoms with van der Waals surface area (Å²) in [6, 6.07) is 4.29. The summed E-state index contributed by atoms with van der Waals surface area (Å²) in [5, 5.41) is 2.92. The van der Waals surface area contributed by atoms with Gasteiger partial charge in [0.1, 0.15) is 0 Å². The van der Waals surface area contributed by atoms with Crippen molar-refractivity contribution in [1.82, 2.24) is 10.2 Å². The summed E-state index contributed by atoms with van der Waals surface area (Å²) < 4.78 is 24.3. The summed E-state index contributed by atoms with van der Waals surface area (Å²) >= 11 is 0. The first-order chi connectivity index (χ1) is 11.0. The molecule has 2 rings (SSSR count). The van der Waals surface area contributed by atoms with Crippen LogP contribution in [0.15, 0.2) is 18.2 Å². The number of piperidine rings is 1. The van der Waals surface area contributed by atoms with E-state index in [1.807, 2.05) is 13.8 Å². The van der Waals surface area contributed by atoms with Crippen molar-refractivity contribution in [2.45, 2.75) is 38.8 Å². The van der Waals surface area contributed by atoms with Crippen molar-refractivity contribution in [3.05, 3.63) is 29.6 Å². The van der Waals surface area contributed by atoms with E-state index in [1.54, 1.807) is 17.0 Å². The molecule has 0 spiro atoms. The maximum absolute atomic E-state index is 13.8. The fourth-order valence-corrected chi connectivity index (χ4v) is 2.81. The molecule has 1 aliphatic rings. The maximum atomic E-state index is 13.8. The molecule has 0 saturated carbocycles. The Bertz CT molecular complexity index is 537. The third kappa shape index (κ3) is 4.58. The van der Waals surface area contributed by atoms with Crippen LogP contribution in [0.2, 0.25) is 0 Å². The molecule has 0 radical (unpaired) electrons. The highest BCUT2D eigenvalue weighted by molar-refractivity contribution is 5.74. The van der Waals surface area contributed by atoms with Crippen LogP contribution in [0.5, 0.6) is 5.75 Å². The molecular formula is C17H25FN2O3. The summed E-state index contributed by atoms with van der Waals surface area (Å²) in [6.45, 7) is 5.77. The third-order valence-electron chi connectivity index (χ3n) is 4.08. The number of halogens is 1. The van der Waals surface area contributed by atoms with E-state index in [2.05, 4.69) is 5.32 Å². The van der Waals surface area contributed by atoms with Crippen LogP contribution in [-0.4, -0.2) is 43.8 Å². The molecule has 2 unspecified atom stereocenters. The number of amides is 2. The number of carbonyl (C=O) groups excluding carboxylic acids is 1. The molecule has 1 aliphatic heterocycles. The number of urea groups is 1. The number of carbonyl (C=O) groups is 1. The van der Waals surface area contributed by atoms with Crippen molar-refractivity contribution >= 4 is 6.03 Å². The predicted molar refractivity (Wildman–Crippen MR) is 86.1 cm³/mol. The number of benzene rings is 1. The van der Waals surface area contributed by atoms with Crippen LogP contribution in [0, 0.1) is 5.82 Å². The number of hydrogen-bond donors (Lipinski definition) is 1. The van der Waals surface area contributed by atoms with E-state index in [0.717, 1.165) is 19.4 Å². The Hall–Kier alpha value is -1.82. The number of nitrogens with zero attached hydrogens (tertiary/aromatic N) is 1. The molecule has 1 N–H and O–H groups in total. The van der Waals surface area contributed by atoms with Gasteiger partial charge in [0.15, 0.2) is 11.6 Å². The maximum Gasteiger partial charge on any atom is 0.317 e. The molecule has 0 bridgehead atoms. The second kappa shape index (κ2) is 8.15. The first kappa shape index (κ1) is 17.5. The van der Waals surface area contributed by atoms with E-state index in [4.69, 9.17) is 9.47 Å². The summed E-state index contributed by atoms with van der Waals surface area (Å²) in [5.41, 5.74) is 0.704. The highest BCUT2D eigenvalue weighted by atomic mass is 19.1. The molecule has 2 atom stereocenters. The lowest BCUT2D eigenvalue weighted by Gasteiger charge is -2.33. The van der Waals surface area contributed by atoms with Gasteiger partial charge in [-0.25, -0.2) is 9.18 Å². The lowest BCUT2D eigenvalue weighted by molar-refractivity contribution is 0.0162. The van der Waals surface area contributed by atoms with Crippen molar-refractivity contribution in [2.24, 2.45) is 0 Å². The molecule has 128 valence electrons. The largest absolute Gasteiger partial charge is 0.494 e. The number of ether oxygens (including phenoxy) is 2. The second-order valence-corrected chi connectivity index (χ2v) is 5.73. The van der Waals surface area contributed by atoms with Crippen LogP contribution in [0.4, 0.5) is 9.18 Å². The molecule has 2 amide bonds. The summed E-state index contributed by atoms with van der Waals surface area (Å²) in [6.07, 6.45) is 2.02. The lowest BCUT2D eigenvalue weighted by atomic mass is 10.1. The first-order valence-corrected chi connectivity index (χ1v) is 8.05. The predicted octanol–water partition coefficient (Wildman–Crippen LogP) is 3.11. The first-order valence-electron chi connectivity index (χ1n) is 8.05. The zero-order valence-corrected chi connectivity index (χ0v) is 14.0.